The Kier molecular flexibility index (Phi) is 19.9. The van der Waals surface area contributed by atoms with Crippen molar-refractivity contribution in [2.24, 2.45) is 11.5 Å². The van der Waals surface area contributed by atoms with Gasteiger partial charge in [-0.3, -0.25) is 0 Å². The van der Waals surface area contributed by atoms with E-state index in [9.17, 15) is 0 Å². The summed E-state index contributed by atoms with van der Waals surface area (Å²) in [5, 5.41) is 0. The summed E-state index contributed by atoms with van der Waals surface area (Å²) in [6, 6.07) is 0. The zero-order valence-corrected chi connectivity index (χ0v) is 6.80. The first-order chi connectivity index (χ1) is 4.83. The lowest BCUT2D eigenvalue weighted by Gasteiger charge is -1.85. The Bertz CT molecular complexity index is 34.7. The summed E-state index contributed by atoms with van der Waals surface area (Å²) in [6.45, 7) is 2.58. The summed E-state index contributed by atoms with van der Waals surface area (Å²) in [6.07, 6.45) is 0. The average Bonchev–Trinajstić information content (AvgIpc) is 1.93. The molecule has 0 aromatic rings. The second-order valence-electron chi connectivity index (χ2n) is 1.56. The van der Waals surface area contributed by atoms with Gasteiger partial charge in [0.15, 0.2) is 0 Å². The van der Waals surface area contributed by atoms with Crippen molar-refractivity contribution >= 4 is 0 Å². The Labute approximate surface area is 62.5 Å². The predicted octanol–water partition coefficient (Wildman–Crippen LogP) is -0.817. The third-order valence-electron chi connectivity index (χ3n) is 0.644. The van der Waals surface area contributed by atoms with Gasteiger partial charge in [0.1, 0.15) is 0 Å². The first-order valence-corrected chi connectivity index (χ1v) is 3.21. The molecule has 0 aliphatic rings. The molecule has 0 rings (SSSR count). The molecule has 0 bridgehead atoms. The lowest BCUT2D eigenvalue weighted by Crippen LogP contribution is -2.05. The molecule has 4 N–H and O–H groups in total. The molecule has 0 aromatic carbocycles. The Hall–Kier alpha value is -0.160. The average molecular weight is 150 g/mol. The summed E-state index contributed by atoms with van der Waals surface area (Å²) in [7, 11) is 3.26. The van der Waals surface area contributed by atoms with Gasteiger partial charge in [0.05, 0.1) is 13.2 Å². The molecular formula is C6H18N2O2. The fourth-order valence-electron chi connectivity index (χ4n) is 0.236. The maximum Gasteiger partial charge on any atom is 0.0584 e. The van der Waals surface area contributed by atoms with Gasteiger partial charge in [-0.15, -0.1) is 0 Å². The van der Waals surface area contributed by atoms with Crippen molar-refractivity contribution < 1.29 is 9.47 Å². The molecule has 0 aliphatic carbocycles. The fourth-order valence-corrected chi connectivity index (χ4v) is 0.236. The Morgan fingerprint density at radius 3 is 1.20 bits per heavy atom. The Morgan fingerprint density at radius 2 is 1.20 bits per heavy atom. The molecule has 4 heteroatoms. The maximum atomic E-state index is 5.01. The smallest absolute Gasteiger partial charge is 0.0584 e. The van der Waals surface area contributed by atoms with Crippen LogP contribution in [0.4, 0.5) is 0 Å². The number of rotatable bonds is 4. The molecule has 0 radical (unpaired) electrons. The molecule has 0 heterocycles. The van der Waals surface area contributed by atoms with Crippen molar-refractivity contribution in [1.82, 2.24) is 0 Å². The van der Waals surface area contributed by atoms with Crippen LogP contribution in [0.1, 0.15) is 0 Å². The molecule has 0 unspecified atom stereocenters. The van der Waals surface area contributed by atoms with Gasteiger partial charge in [-0.1, -0.05) is 0 Å². The van der Waals surface area contributed by atoms with Crippen LogP contribution < -0.4 is 11.5 Å². The van der Waals surface area contributed by atoms with Gasteiger partial charge in [0, 0.05) is 27.3 Å². The summed E-state index contributed by atoms with van der Waals surface area (Å²) < 4.78 is 9.13. The molecule has 0 spiro atoms. The Morgan fingerprint density at radius 1 is 0.900 bits per heavy atom. The molecule has 64 valence electrons. The van der Waals surface area contributed by atoms with Crippen LogP contribution in [0.2, 0.25) is 0 Å². The third kappa shape index (κ3) is 24.9. The van der Waals surface area contributed by atoms with Gasteiger partial charge < -0.3 is 20.9 Å². The third-order valence-corrected chi connectivity index (χ3v) is 0.644. The van der Waals surface area contributed by atoms with Gasteiger partial charge in [-0.05, 0) is 0 Å². The highest BCUT2D eigenvalue weighted by Crippen LogP contribution is 1.53. The van der Waals surface area contributed by atoms with E-state index in [1.54, 1.807) is 14.2 Å². The van der Waals surface area contributed by atoms with Crippen LogP contribution in [0, 0.1) is 0 Å². The molecule has 0 aromatic heterocycles. The topological polar surface area (TPSA) is 70.5 Å². The molecule has 10 heavy (non-hydrogen) atoms. The highest BCUT2D eigenvalue weighted by Gasteiger charge is 1.66. The number of methoxy groups -OCH3 is 2. The monoisotopic (exact) mass is 150 g/mol. The van der Waals surface area contributed by atoms with Crippen molar-refractivity contribution in [3.63, 3.8) is 0 Å². The minimum atomic E-state index is 0.622. The van der Waals surface area contributed by atoms with Crippen molar-refractivity contribution in [2.45, 2.75) is 0 Å². The first-order valence-electron chi connectivity index (χ1n) is 3.21. The van der Waals surface area contributed by atoms with Crippen LogP contribution in [0.5, 0.6) is 0 Å². The zero-order valence-electron chi connectivity index (χ0n) is 6.80. The normalized spacial score (nSPS) is 8.40. The molecule has 0 amide bonds. The van der Waals surface area contributed by atoms with E-state index in [1.807, 2.05) is 0 Å². The van der Waals surface area contributed by atoms with Crippen molar-refractivity contribution in [2.75, 3.05) is 40.5 Å². The quantitative estimate of drug-likeness (QED) is 0.549. The van der Waals surface area contributed by atoms with E-state index in [-0.39, 0.29) is 0 Å². The van der Waals surface area contributed by atoms with Gasteiger partial charge >= 0.3 is 0 Å². The number of ether oxygens (including phenoxy) is 2. The van der Waals surface area contributed by atoms with Crippen LogP contribution in [0.15, 0.2) is 0 Å². The molecule has 0 saturated carbocycles. The minimum absolute atomic E-state index is 0.622. The largest absolute Gasteiger partial charge is 0.383 e. The van der Waals surface area contributed by atoms with Crippen molar-refractivity contribution in [3.05, 3.63) is 0 Å². The summed E-state index contributed by atoms with van der Waals surface area (Å²) in [5.41, 5.74) is 10.0. The van der Waals surface area contributed by atoms with Gasteiger partial charge in [-0.2, -0.15) is 0 Å². The number of hydrogen-bond donors (Lipinski definition) is 2. The van der Waals surface area contributed by atoms with Crippen molar-refractivity contribution in [1.29, 1.82) is 0 Å². The predicted molar refractivity (Wildman–Crippen MR) is 41.9 cm³/mol. The molecule has 0 atom stereocenters. The SMILES string of the molecule is COCCN.COCCN. The number of hydrogen-bond acceptors (Lipinski definition) is 4. The molecule has 0 aliphatic heterocycles. The summed E-state index contributed by atoms with van der Waals surface area (Å²) in [4.78, 5) is 0. The second-order valence-corrected chi connectivity index (χ2v) is 1.56. The standard InChI is InChI=1S/2C3H9NO/c2*1-5-3-2-4/h2*2-4H2,1H3. The summed E-state index contributed by atoms with van der Waals surface area (Å²) in [5.74, 6) is 0. The van der Waals surface area contributed by atoms with E-state index in [4.69, 9.17) is 11.5 Å². The molecular weight excluding hydrogens is 132 g/mol. The van der Waals surface area contributed by atoms with E-state index >= 15 is 0 Å². The van der Waals surface area contributed by atoms with Crippen LogP contribution in [0.25, 0.3) is 0 Å². The van der Waals surface area contributed by atoms with E-state index < -0.39 is 0 Å². The zero-order chi connectivity index (χ0) is 8.24. The highest BCUT2D eigenvalue weighted by atomic mass is 16.5. The lowest BCUT2D eigenvalue weighted by molar-refractivity contribution is 0.207. The van der Waals surface area contributed by atoms with Crippen LogP contribution >= 0.6 is 0 Å². The van der Waals surface area contributed by atoms with E-state index in [2.05, 4.69) is 9.47 Å². The van der Waals surface area contributed by atoms with Gasteiger partial charge in [0.2, 0.25) is 0 Å². The first kappa shape index (κ1) is 12.5. The van der Waals surface area contributed by atoms with Crippen LogP contribution in [-0.2, 0) is 9.47 Å². The Balaban J connectivity index is 0. The number of nitrogens with two attached hydrogens (primary N) is 2. The second kappa shape index (κ2) is 15.9. The van der Waals surface area contributed by atoms with Gasteiger partial charge in [0.25, 0.3) is 0 Å². The fraction of sp³-hybridized carbons (Fsp3) is 1.00. The minimum Gasteiger partial charge on any atom is -0.383 e. The lowest BCUT2D eigenvalue weighted by atomic mass is 10.7. The van der Waals surface area contributed by atoms with E-state index in [0.717, 1.165) is 0 Å². The van der Waals surface area contributed by atoms with Crippen LogP contribution in [0.3, 0.4) is 0 Å². The maximum absolute atomic E-state index is 5.01. The van der Waals surface area contributed by atoms with E-state index in [0.29, 0.717) is 26.3 Å². The van der Waals surface area contributed by atoms with E-state index in [1.165, 1.54) is 0 Å². The highest BCUT2D eigenvalue weighted by molar-refractivity contribution is 4.22. The van der Waals surface area contributed by atoms with Gasteiger partial charge in [-0.25, -0.2) is 0 Å². The molecule has 4 nitrogen and oxygen atoms in total. The van der Waals surface area contributed by atoms with Crippen molar-refractivity contribution in [3.8, 4) is 0 Å². The molecule has 0 saturated heterocycles. The summed E-state index contributed by atoms with van der Waals surface area (Å²) >= 11 is 0. The van der Waals surface area contributed by atoms with Crippen LogP contribution in [-0.4, -0.2) is 40.5 Å². The molecule has 0 fully saturated rings.